The highest BCUT2D eigenvalue weighted by atomic mass is 16.6. The van der Waals surface area contributed by atoms with E-state index in [2.05, 4.69) is 17.0 Å². The Balaban J connectivity index is 0.000000324. The predicted octanol–water partition coefficient (Wildman–Crippen LogP) is 2.11. The molecule has 3 saturated heterocycles. The van der Waals surface area contributed by atoms with Gasteiger partial charge in [0.1, 0.15) is 18.5 Å². The van der Waals surface area contributed by atoms with Crippen molar-refractivity contribution in [1.82, 2.24) is 0 Å². The minimum Gasteiger partial charge on any atom is -0.491 e. The third-order valence-electron chi connectivity index (χ3n) is 4.10. The quantitative estimate of drug-likeness (QED) is 0.602. The summed E-state index contributed by atoms with van der Waals surface area (Å²) in [6, 6.07) is 8.25. The molecule has 6 nitrogen and oxygen atoms in total. The normalized spacial score (nSPS) is 25.6. The predicted molar refractivity (Wildman–Crippen MR) is 95.5 cm³/mol. The van der Waals surface area contributed by atoms with Crippen LogP contribution in [-0.4, -0.2) is 71.0 Å². The fraction of sp³-hybridized carbons (Fsp3) is 0.684. The molecule has 0 bridgehead atoms. The zero-order valence-corrected chi connectivity index (χ0v) is 15.2. The van der Waals surface area contributed by atoms with Gasteiger partial charge < -0.3 is 28.6 Å². The Kier molecular flexibility index (Phi) is 6.93. The van der Waals surface area contributed by atoms with Crippen LogP contribution in [0.4, 0.5) is 5.69 Å². The van der Waals surface area contributed by atoms with Crippen molar-refractivity contribution in [1.29, 1.82) is 0 Å². The highest BCUT2D eigenvalue weighted by molar-refractivity contribution is 5.49. The zero-order chi connectivity index (χ0) is 17.5. The summed E-state index contributed by atoms with van der Waals surface area (Å²) in [6.45, 7) is 10.8. The van der Waals surface area contributed by atoms with Crippen LogP contribution in [-0.2, 0) is 18.9 Å². The molecule has 0 aromatic heterocycles. The largest absolute Gasteiger partial charge is 0.491 e. The molecule has 6 heteroatoms. The maximum atomic E-state index is 5.66. The SMILES string of the molecule is CCOCC.c1cc(N(CC2CO2)CC2CO2)ccc1OCC1CO1. The van der Waals surface area contributed by atoms with Crippen molar-refractivity contribution in [2.24, 2.45) is 0 Å². The van der Waals surface area contributed by atoms with Gasteiger partial charge in [-0.05, 0) is 38.1 Å². The van der Waals surface area contributed by atoms with Crippen LogP contribution in [0, 0.1) is 0 Å². The van der Waals surface area contributed by atoms with E-state index in [1.165, 1.54) is 5.69 Å². The number of nitrogens with zero attached hydrogens (tertiary/aromatic N) is 1. The minimum atomic E-state index is 0.296. The highest BCUT2D eigenvalue weighted by Gasteiger charge is 2.31. The van der Waals surface area contributed by atoms with E-state index in [-0.39, 0.29) is 0 Å². The summed E-state index contributed by atoms with van der Waals surface area (Å²) in [6.07, 6.45) is 1.07. The van der Waals surface area contributed by atoms with E-state index in [1.54, 1.807) is 0 Å². The van der Waals surface area contributed by atoms with Crippen LogP contribution in [0.1, 0.15) is 13.8 Å². The molecule has 0 radical (unpaired) electrons. The van der Waals surface area contributed by atoms with E-state index in [9.17, 15) is 0 Å². The van der Waals surface area contributed by atoms with Gasteiger partial charge in [0.05, 0.1) is 32.0 Å². The lowest BCUT2D eigenvalue weighted by molar-refractivity contribution is 0.162. The Morgan fingerprint density at radius 2 is 1.40 bits per heavy atom. The molecule has 25 heavy (non-hydrogen) atoms. The average Bonchev–Trinajstić information content (AvgIpc) is 3.47. The van der Waals surface area contributed by atoms with Crippen LogP contribution in [0.25, 0.3) is 0 Å². The summed E-state index contributed by atoms with van der Waals surface area (Å²) in [5.74, 6) is 0.898. The minimum absolute atomic E-state index is 0.296. The molecule has 3 atom stereocenters. The molecule has 3 aliphatic rings. The zero-order valence-electron chi connectivity index (χ0n) is 15.2. The molecule has 0 amide bonds. The first-order valence-electron chi connectivity index (χ1n) is 9.18. The van der Waals surface area contributed by atoms with Gasteiger partial charge in [-0.3, -0.25) is 0 Å². The number of rotatable bonds is 10. The molecule has 3 aliphatic heterocycles. The summed E-state index contributed by atoms with van der Waals surface area (Å²) in [5.41, 5.74) is 1.20. The van der Waals surface area contributed by atoms with Crippen molar-refractivity contribution in [2.45, 2.75) is 32.2 Å². The van der Waals surface area contributed by atoms with E-state index in [0.29, 0.717) is 24.9 Å². The molecule has 0 N–H and O–H groups in total. The summed E-state index contributed by atoms with van der Waals surface area (Å²) in [4.78, 5) is 2.34. The van der Waals surface area contributed by atoms with E-state index in [0.717, 1.165) is 51.9 Å². The monoisotopic (exact) mass is 351 g/mol. The molecule has 3 heterocycles. The Labute approximate surface area is 149 Å². The van der Waals surface area contributed by atoms with Crippen molar-refractivity contribution < 1.29 is 23.7 Å². The molecular weight excluding hydrogens is 322 g/mol. The van der Waals surface area contributed by atoms with Crippen molar-refractivity contribution in [3.8, 4) is 5.75 Å². The Hall–Kier alpha value is -1.34. The molecule has 4 rings (SSSR count). The number of anilines is 1. The smallest absolute Gasteiger partial charge is 0.119 e. The van der Waals surface area contributed by atoms with Crippen LogP contribution in [0.15, 0.2) is 24.3 Å². The van der Waals surface area contributed by atoms with E-state index >= 15 is 0 Å². The number of benzene rings is 1. The maximum absolute atomic E-state index is 5.66. The lowest BCUT2D eigenvalue weighted by atomic mass is 10.2. The standard InChI is InChI=1S/C15H19NO4.C4H10O/c1-3-12(17-9-15-10-20-15)4-2-11(1)16(5-13-7-18-13)6-14-8-19-14;1-3-5-4-2/h1-4,13-15H,5-10H2;3-4H2,1-2H3. The highest BCUT2D eigenvalue weighted by Crippen LogP contribution is 2.25. The van der Waals surface area contributed by atoms with Gasteiger partial charge >= 0.3 is 0 Å². The Morgan fingerprint density at radius 1 is 0.880 bits per heavy atom. The lowest BCUT2D eigenvalue weighted by Gasteiger charge is -2.23. The Morgan fingerprint density at radius 3 is 1.80 bits per heavy atom. The third kappa shape index (κ3) is 7.20. The second kappa shape index (κ2) is 9.38. The van der Waals surface area contributed by atoms with Gasteiger partial charge in [-0.25, -0.2) is 0 Å². The van der Waals surface area contributed by atoms with Gasteiger partial charge in [0.15, 0.2) is 0 Å². The molecule has 3 unspecified atom stereocenters. The molecule has 1 aromatic carbocycles. The Bertz CT molecular complexity index is 481. The molecule has 0 saturated carbocycles. The van der Waals surface area contributed by atoms with Gasteiger partial charge in [-0.1, -0.05) is 0 Å². The first-order chi connectivity index (χ1) is 12.3. The van der Waals surface area contributed by atoms with Crippen LogP contribution in [0.2, 0.25) is 0 Å². The first kappa shape index (κ1) is 18.5. The van der Waals surface area contributed by atoms with Crippen molar-refractivity contribution >= 4 is 5.69 Å². The second-order valence-electron chi connectivity index (χ2n) is 6.36. The average molecular weight is 351 g/mol. The molecule has 3 fully saturated rings. The van der Waals surface area contributed by atoms with Gasteiger partial charge in [0, 0.05) is 32.0 Å². The number of ether oxygens (including phenoxy) is 5. The van der Waals surface area contributed by atoms with Crippen LogP contribution in [0.3, 0.4) is 0 Å². The van der Waals surface area contributed by atoms with Crippen molar-refractivity contribution in [2.75, 3.05) is 57.6 Å². The van der Waals surface area contributed by atoms with Crippen LogP contribution < -0.4 is 9.64 Å². The number of hydrogen-bond acceptors (Lipinski definition) is 6. The van der Waals surface area contributed by atoms with Gasteiger partial charge in [0.25, 0.3) is 0 Å². The van der Waals surface area contributed by atoms with Crippen molar-refractivity contribution in [3.05, 3.63) is 24.3 Å². The van der Waals surface area contributed by atoms with E-state index in [4.69, 9.17) is 23.7 Å². The molecule has 0 spiro atoms. The van der Waals surface area contributed by atoms with Gasteiger partial charge in [-0.2, -0.15) is 0 Å². The molecule has 0 aliphatic carbocycles. The summed E-state index contributed by atoms with van der Waals surface area (Å²) in [7, 11) is 0. The fourth-order valence-electron chi connectivity index (χ4n) is 2.43. The molecule has 140 valence electrons. The summed E-state index contributed by atoms with van der Waals surface area (Å²) in [5, 5.41) is 0. The van der Waals surface area contributed by atoms with E-state index in [1.807, 2.05) is 26.0 Å². The first-order valence-corrected chi connectivity index (χ1v) is 9.18. The van der Waals surface area contributed by atoms with E-state index < -0.39 is 0 Å². The van der Waals surface area contributed by atoms with Crippen LogP contribution in [0.5, 0.6) is 5.75 Å². The second-order valence-corrected chi connectivity index (χ2v) is 6.36. The number of hydrogen-bond donors (Lipinski definition) is 0. The summed E-state index contributed by atoms with van der Waals surface area (Å²) >= 11 is 0. The van der Waals surface area contributed by atoms with Crippen LogP contribution >= 0.6 is 0 Å². The van der Waals surface area contributed by atoms with Gasteiger partial charge in [0.2, 0.25) is 0 Å². The molecule has 1 aromatic rings. The third-order valence-corrected chi connectivity index (χ3v) is 4.10. The maximum Gasteiger partial charge on any atom is 0.119 e. The summed E-state index contributed by atoms with van der Waals surface area (Å²) < 4.78 is 26.3. The lowest BCUT2D eigenvalue weighted by Crippen LogP contribution is -2.31. The fourth-order valence-corrected chi connectivity index (χ4v) is 2.43. The van der Waals surface area contributed by atoms with Crippen molar-refractivity contribution in [3.63, 3.8) is 0 Å². The topological polar surface area (TPSA) is 59.3 Å². The molecular formula is C19H29NO5. The number of epoxide rings is 3. The van der Waals surface area contributed by atoms with Gasteiger partial charge in [-0.15, -0.1) is 0 Å².